The third-order valence-electron chi connectivity index (χ3n) is 6.01. The van der Waals surface area contributed by atoms with Gasteiger partial charge in [-0.2, -0.15) is 0 Å². The molecular weight excluding hydrogens is 439 g/mol. The van der Waals surface area contributed by atoms with Crippen molar-refractivity contribution in [2.45, 2.75) is 19.9 Å². The predicted octanol–water partition coefficient (Wildman–Crippen LogP) is 5.05. The lowest BCUT2D eigenvalue weighted by atomic mass is 9.99. The fraction of sp³-hybridized carbons (Fsp3) is 0.192. The number of carbonyl (C=O) groups is 1. The van der Waals surface area contributed by atoms with Gasteiger partial charge in [-0.05, 0) is 48.7 Å². The van der Waals surface area contributed by atoms with Gasteiger partial charge < -0.3 is 9.47 Å². The maximum absolute atomic E-state index is 13.1. The minimum atomic E-state index is -0.481. The first kappa shape index (κ1) is 21.8. The molecule has 0 saturated carbocycles. The van der Waals surface area contributed by atoms with Crippen LogP contribution in [0.2, 0.25) is 0 Å². The minimum absolute atomic E-state index is 0.0573. The molecule has 7 nitrogen and oxygen atoms in total. The number of carbonyl (C=O) groups excluding carboxylic acids is 1. The van der Waals surface area contributed by atoms with E-state index in [9.17, 15) is 19.3 Å². The van der Waals surface area contributed by atoms with E-state index < -0.39 is 4.92 Å². The summed E-state index contributed by atoms with van der Waals surface area (Å²) in [5.74, 6) is 0.764. The normalized spacial score (nSPS) is 16.1. The fourth-order valence-electron chi connectivity index (χ4n) is 4.26. The molecule has 3 aromatic carbocycles. The van der Waals surface area contributed by atoms with Gasteiger partial charge >= 0.3 is 0 Å². The summed E-state index contributed by atoms with van der Waals surface area (Å²) in [7, 11) is 0. The molecule has 0 aliphatic carbocycles. The van der Waals surface area contributed by atoms with E-state index in [1.165, 1.54) is 30.3 Å². The number of hydrogen-bond donors (Lipinski definition) is 0. The monoisotopic (exact) mass is 460 g/mol. The van der Waals surface area contributed by atoms with Crippen molar-refractivity contribution in [3.05, 3.63) is 104 Å². The fourth-order valence-corrected chi connectivity index (χ4v) is 4.26. The standard InChI is InChI=1S/C26H21FN2O5/c1-16-25-19(14-28(15-33-25)10-9-17-5-7-20(27)8-6-17)13-22-24(30)23(34-26(16)22)12-18-3-2-4-21(11-18)29(31)32/h2-8,11-13H,9-10,14-15H2,1H3/b23-12-. The molecule has 0 fully saturated rings. The van der Waals surface area contributed by atoms with E-state index >= 15 is 0 Å². The van der Waals surface area contributed by atoms with Gasteiger partial charge in [0.05, 0.1) is 10.5 Å². The molecule has 3 aromatic rings. The lowest BCUT2D eigenvalue weighted by molar-refractivity contribution is -0.384. The zero-order valence-electron chi connectivity index (χ0n) is 18.4. The largest absolute Gasteiger partial charge is 0.477 e. The van der Waals surface area contributed by atoms with Crippen LogP contribution < -0.4 is 9.47 Å². The molecule has 8 heteroatoms. The van der Waals surface area contributed by atoms with Crippen molar-refractivity contribution in [3.8, 4) is 11.5 Å². The highest BCUT2D eigenvalue weighted by Crippen LogP contribution is 2.43. The minimum Gasteiger partial charge on any atom is -0.477 e. The average molecular weight is 460 g/mol. The number of nitro benzene ring substituents is 1. The first-order valence-corrected chi connectivity index (χ1v) is 10.8. The van der Waals surface area contributed by atoms with Crippen molar-refractivity contribution < 1.29 is 23.6 Å². The summed E-state index contributed by atoms with van der Waals surface area (Å²) < 4.78 is 25.0. The Bertz CT molecular complexity index is 1330. The van der Waals surface area contributed by atoms with Gasteiger partial charge in [0, 0.05) is 36.3 Å². The van der Waals surface area contributed by atoms with Crippen LogP contribution in [0.4, 0.5) is 10.1 Å². The summed E-state index contributed by atoms with van der Waals surface area (Å²) in [6.07, 6.45) is 2.27. The number of allylic oxidation sites excluding steroid dienone is 1. The molecular formula is C26H21FN2O5. The van der Waals surface area contributed by atoms with Crippen LogP contribution in [0, 0.1) is 22.9 Å². The molecule has 34 heavy (non-hydrogen) atoms. The molecule has 0 bridgehead atoms. The number of fused-ring (bicyclic) bond motifs is 2. The van der Waals surface area contributed by atoms with E-state index in [1.807, 2.05) is 6.92 Å². The van der Waals surface area contributed by atoms with Gasteiger partial charge in [-0.3, -0.25) is 19.8 Å². The van der Waals surface area contributed by atoms with E-state index in [0.717, 1.165) is 29.7 Å². The van der Waals surface area contributed by atoms with E-state index in [4.69, 9.17) is 9.47 Å². The number of rotatable bonds is 5. The molecule has 5 rings (SSSR count). The Morgan fingerprint density at radius 2 is 1.94 bits per heavy atom. The first-order valence-electron chi connectivity index (χ1n) is 10.8. The second kappa shape index (κ2) is 8.72. The molecule has 2 aliphatic rings. The van der Waals surface area contributed by atoms with Gasteiger partial charge in [0.15, 0.2) is 5.76 Å². The SMILES string of the molecule is Cc1c2c(cc3c1O/C(=C\c1cccc([N+](=O)[O-])c1)C3=O)CN(CCc1ccc(F)cc1)CO2. The van der Waals surface area contributed by atoms with Gasteiger partial charge in [-0.25, -0.2) is 4.39 Å². The molecule has 172 valence electrons. The Balaban J connectivity index is 1.36. The molecule has 0 aromatic heterocycles. The number of non-ortho nitro benzene ring substituents is 1. The molecule has 2 heterocycles. The van der Waals surface area contributed by atoms with E-state index in [-0.39, 0.29) is 23.0 Å². The summed E-state index contributed by atoms with van der Waals surface area (Å²) >= 11 is 0. The number of ether oxygens (including phenoxy) is 2. The van der Waals surface area contributed by atoms with Crippen LogP contribution in [0.25, 0.3) is 6.08 Å². The summed E-state index contributed by atoms with van der Waals surface area (Å²) in [4.78, 5) is 25.8. The molecule has 0 spiro atoms. The van der Waals surface area contributed by atoms with Crippen LogP contribution in [0.1, 0.15) is 32.6 Å². The highest BCUT2D eigenvalue weighted by atomic mass is 19.1. The number of nitro groups is 1. The summed E-state index contributed by atoms with van der Waals surface area (Å²) in [6.45, 7) is 3.60. The number of halogens is 1. The van der Waals surface area contributed by atoms with Crippen LogP contribution in [0.5, 0.6) is 11.5 Å². The van der Waals surface area contributed by atoms with Crippen LogP contribution >= 0.6 is 0 Å². The molecule has 2 aliphatic heterocycles. The zero-order valence-corrected chi connectivity index (χ0v) is 18.4. The number of benzene rings is 3. The summed E-state index contributed by atoms with van der Waals surface area (Å²) in [5.41, 5.74) is 3.60. The molecule has 0 amide bonds. The predicted molar refractivity (Wildman–Crippen MR) is 123 cm³/mol. The van der Waals surface area contributed by atoms with Crippen LogP contribution in [0.15, 0.2) is 60.4 Å². The summed E-state index contributed by atoms with van der Waals surface area (Å²) in [5, 5.41) is 11.0. The van der Waals surface area contributed by atoms with Gasteiger partial charge in [-0.1, -0.05) is 24.3 Å². The van der Waals surface area contributed by atoms with Crippen molar-refractivity contribution >= 4 is 17.5 Å². The molecule has 0 unspecified atom stereocenters. The third-order valence-corrected chi connectivity index (χ3v) is 6.01. The first-order chi connectivity index (χ1) is 16.4. The Labute approximate surface area is 195 Å². The summed E-state index contributed by atoms with van der Waals surface area (Å²) in [6, 6.07) is 14.3. The van der Waals surface area contributed by atoms with Crippen LogP contribution in [-0.2, 0) is 13.0 Å². The highest BCUT2D eigenvalue weighted by Gasteiger charge is 2.33. The quantitative estimate of drug-likeness (QED) is 0.301. The van der Waals surface area contributed by atoms with Crippen molar-refractivity contribution in [2.24, 2.45) is 0 Å². The third kappa shape index (κ3) is 4.15. The zero-order chi connectivity index (χ0) is 23.8. The van der Waals surface area contributed by atoms with Gasteiger partial charge in [0.2, 0.25) is 5.78 Å². The molecule has 0 saturated heterocycles. The smallest absolute Gasteiger partial charge is 0.270 e. The van der Waals surface area contributed by atoms with E-state index in [1.54, 1.807) is 30.3 Å². The lowest BCUT2D eigenvalue weighted by Gasteiger charge is -2.30. The Hall–Kier alpha value is -4.04. The number of hydrogen-bond acceptors (Lipinski definition) is 6. The lowest BCUT2D eigenvalue weighted by Crippen LogP contribution is -2.34. The van der Waals surface area contributed by atoms with Gasteiger partial charge in [0.1, 0.15) is 24.0 Å². The van der Waals surface area contributed by atoms with Crippen molar-refractivity contribution in [3.63, 3.8) is 0 Å². The maximum atomic E-state index is 13.1. The Morgan fingerprint density at radius 3 is 2.71 bits per heavy atom. The highest BCUT2D eigenvalue weighted by molar-refractivity contribution is 6.15. The topological polar surface area (TPSA) is 81.9 Å². The van der Waals surface area contributed by atoms with Gasteiger partial charge in [0.25, 0.3) is 5.69 Å². The van der Waals surface area contributed by atoms with Gasteiger partial charge in [-0.15, -0.1) is 0 Å². The Kier molecular flexibility index (Phi) is 5.59. The Morgan fingerprint density at radius 1 is 1.15 bits per heavy atom. The number of ketones is 1. The van der Waals surface area contributed by atoms with E-state index in [0.29, 0.717) is 35.9 Å². The number of Topliss-reactive ketones (excluding diaryl/α,β-unsaturated/α-hetero) is 1. The van der Waals surface area contributed by atoms with Crippen molar-refractivity contribution in [2.75, 3.05) is 13.3 Å². The maximum Gasteiger partial charge on any atom is 0.270 e. The molecule has 0 N–H and O–H groups in total. The van der Waals surface area contributed by atoms with Crippen molar-refractivity contribution in [1.29, 1.82) is 0 Å². The second-order valence-electron chi connectivity index (χ2n) is 8.36. The van der Waals surface area contributed by atoms with Crippen molar-refractivity contribution in [1.82, 2.24) is 4.90 Å². The van der Waals surface area contributed by atoms with E-state index in [2.05, 4.69) is 4.90 Å². The van der Waals surface area contributed by atoms with Crippen LogP contribution in [0.3, 0.4) is 0 Å². The molecule has 0 radical (unpaired) electrons. The number of nitrogens with zero attached hydrogens (tertiary/aromatic N) is 2. The van der Waals surface area contributed by atoms with Crippen LogP contribution in [-0.4, -0.2) is 28.9 Å². The molecule has 0 atom stereocenters. The average Bonchev–Trinajstić information content (AvgIpc) is 3.14. The second-order valence-corrected chi connectivity index (χ2v) is 8.36.